The normalized spacial score (nSPS) is 10.9. The van der Waals surface area contributed by atoms with Gasteiger partial charge in [-0.3, -0.25) is 9.36 Å². The molecule has 0 saturated heterocycles. The summed E-state index contributed by atoms with van der Waals surface area (Å²) in [4.78, 5) is 28.6. The van der Waals surface area contributed by atoms with Gasteiger partial charge in [0.25, 0.3) is 5.56 Å². The number of halogens is 1. The first-order valence-electron chi connectivity index (χ1n) is 7.07. The molecule has 8 heteroatoms. The molecule has 6 nitrogen and oxygen atoms in total. The van der Waals surface area contributed by atoms with Gasteiger partial charge in [0, 0.05) is 10.4 Å². The Morgan fingerprint density at radius 2 is 2.08 bits per heavy atom. The van der Waals surface area contributed by atoms with Gasteiger partial charge in [-0.1, -0.05) is 11.6 Å². The number of rotatable bonds is 5. The van der Waals surface area contributed by atoms with Gasteiger partial charge < -0.3 is 9.84 Å². The second-order valence-electron chi connectivity index (χ2n) is 5.05. The van der Waals surface area contributed by atoms with E-state index in [2.05, 4.69) is 4.98 Å². The number of thiophene rings is 1. The zero-order valence-corrected chi connectivity index (χ0v) is 14.2. The quantitative estimate of drug-likeness (QED) is 0.751. The maximum Gasteiger partial charge on any atom is 0.337 e. The summed E-state index contributed by atoms with van der Waals surface area (Å²) in [5, 5.41) is 11.4. The van der Waals surface area contributed by atoms with Crippen LogP contribution in [0.2, 0.25) is 5.02 Å². The van der Waals surface area contributed by atoms with Crippen molar-refractivity contribution in [1.82, 2.24) is 9.55 Å². The van der Waals surface area contributed by atoms with Crippen molar-refractivity contribution in [2.24, 2.45) is 0 Å². The van der Waals surface area contributed by atoms with Gasteiger partial charge in [-0.05, 0) is 31.2 Å². The van der Waals surface area contributed by atoms with Crippen molar-refractivity contribution in [1.29, 1.82) is 0 Å². The van der Waals surface area contributed by atoms with Crippen LogP contribution in [0.5, 0.6) is 5.75 Å². The van der Waals surface area contributed by atoms with Gasteiger partial charge in [0.2, 0.25) is 0 Å². The van der Waals surface area contributed by atoms with Crippen LogP contribution in [0, 0.1) is 6.92 Å². The molecule has 0 unspecified atom stereocenters. The summed E-state index contributed by atoms with van der Waals surface area (Å²) in [5.74, 6) is 0.0276. The lowest BCUT2D eigenvalue weighted by Gasteiger charge is -2.11. The lowest BCUT2D eigenvalue weighted by molar-refractivity contribution is 0.0699. The van der Waals surface area contributed by atoms with Gasteiger partial charge >= 0.3 is 5.97 Å². The van der Waals surface area contributed by atoms with Gasteiger partial charge in [0.05, 0.1) is 17.5 Å². The summed E-state index contributed by atoms with van der Waals surface area (Å²) in [5.41, 5.74) is -0.379. The summed E-state index contributed by atoms with van der Waals surface area (Å²) in [6, 6.07) is 6.90. The number of aryl methyl sites for hydroxylation is 1. The number of nitrogens with zero attached hydrogens (tertiary/aromatic N) is 2. The van der Waals surface area contributed by atoms with E-state index in [1.807, 2.05) is 0 Å². The smallest absolute Gasteiger partial charge is 0.337 e. The van der Waals surface area contributed by atoms with Gasteiger partial charge in [0.15, 0.2) is 0 Å². The molecule has 0 spiro atoms. The molecule has 0 fully saturated rings. The molecule has 24 heavy (non-hydrogen) atoms. The third-order valence-electron chi connectivity index (χ3n) is 3.51. The number of ether oxygens (including phenoxy) is 1. The number of carboxylic acid groups (broad SMARTS) is 1. The molecule has 0 atom stereocenters. The van der Waals surface area contributed by atoms with Crippen LogP contribution >= 0.6 is 22.9 Å². The van der Waals surface area contributed by atoms with Crippen LogP contribution in [-0.4, -0.2) is 27.2 Å². The standard InChI is InChI=1S/C16H13ClN2O4S/c1-9-18-14-13(12(8-24-14)16(21)22)15(20)19(9)6-7-23-11-4-2-10(17)3-5-11/h2-5,8H,6-7H2,1H3,(H,21,22). The highest BCUT2D eigenvalue weighted by Crippen LogP contribution is 2.21. The molecule has 2 heterocycles. The number of fused-ring (bicyclic) bond motifs is 1. The number of carbonyl (C=O) groups is 1. The van der Waals surface area contributed by atoms with Crippen molar-refractivity contribution in [3.8, 4) is 5.75 Å². The van der Waals surface area contributed by atoms with Crippen molar-refractivity contribution in [2.75, 3.05) is 6.61 Å². The average Bonchev–Trinajstić information content (AvgIpc) is 2.96. The van der Waals surface area contributed by atoms with Gasteiger partial charge in [0.1, 0.15) is 23.0 Å². The van der Waals surface area contributed by atoms with Crippen LogP contribution in [0.4, 0.5) is 0 Å². The minimum absolute atomic E-state index is 0.0140. The molecule has 0 radical (unpaired) electrons. The van der Waals surface area contributed by atoms with Crippen molar-refractivity contribution < 1.29 is 14.6 Å². The van der Waals surface area contributed by atoms with E-state index in [0.717, 1.165) is 11.3 Å². The van der Waals surface area contributed by atoms with Crippen LogP contribution < -0.4 is 10.3 Å². The van der Waals surface area contributed by atoms with E-state index in [0.29, 0.717) is 21.4 Å². The summed E-state index contributed by atoms with van der Waals surface area (Å²) >= 11 is 6.96. The Bertz CT molecular complexity index is 963. The highest BCUT2D eigenvalue weighted by molar-refractivity contribution is 7.17. The molecule has 1 aromatic carbocycles. The fourth-order valence-corrected chi connectivity index (χ4v) is 3.41. The minimum Gasteiger partial charge on any atom is -0.492 e. The van der Waals surface area contributed by atoms with E-state index in [1.165, 1.54) is 9.95 Å². The minimum atomic E-state index is -1.13. The maximum atomic E-state index is 12.6. The second kappa shape index (κ2) is 6.62. The molecule has 0 aliphatic carbocycles. The number of aromatic nitrogens is 2. The Hall–Kier alpha value is -2.38. The van der Waals surface area contributed by atoms with E-state index >= 15 is 0 Å². The Balaban J connectivity index is 1.86. The SMILES string of the molecule is Cc1nc2scc(C(=O)O)c2c(=O)n1CCOc1ccc(Cl)cc1. The van der Waals surface area contributed by atoms with Crippen LogP contribution in [0.1, 0.15) is 16.2 Å². The summed E-state index contributed by atoms with van der Waals surface area (Å²) in [6.07, 6.45) is 0. The molecule has 124 valence electrons. The van der Waals surface area contributed by atoms with Gasteiger partial charge in [-0.15, -0.1) is 11.3 Å². The van der Waals surface area contributed by atoms with E-state index < -0.39 is 5.97 Å². The molecule has 2 aromatic heterocycles. The largest absolute Gasteiger partial charge is 0.492 e. The third-order valence-corrected chi connectivity index (χ3v) is 4.64. The molecule has 0 aliphatic heterocycles. The highest BCUT2D eigenvalue weighted by Gasteiger charge is 2.18. The first kappa shape index (κ1) is 16.5. The molecule has 3 aromatic rings. The lowest BCUT2D eigenvalue weighted by atomic mass is 10.2. The molecule has 3 rings (SSSR count). The highest BCUT2D eigenvalue weighted by atomic mass is 35.5. The third kappa shape index (κ3) is 3.13. The van der Waals surface area contributed by atoms with Crippen molar-refractivity contribution in [2.45, 2.75) is 13.5 Å². The number of carboxylic acids is 1. The zero-order chi connectivity index (χ0) is 17.3. The summed E-state index contributed by atoms with van der Waals surface area (Å²) in [7, 11) is 0. The van der Waals surface area contributed by atoms with E-state index in [4.69, 9.17) is 16.3 Å². The average molecular weight is 365 g/mol. The van der Waals surface area contributed by atoms with Crippen LogP contribution in [0.15, 0.2) is 34.4 Å². The molecular weight excluding hydrogens is 352 g/mol. The van der Waals surface area contributed by atoms with E-state index in [1.54, 1.807) is 31.2 Å². The first-order valence-corrected chi connectivity index (χ1v) is 8.33. The molecule has 0 saturated carbocycles. The van der Waals surface area contributed by atoms with E-state index in [-0.39, 0.29) is 29.7 Å². The monoisotopic (exact) mass is 364 g/mol. The fourth-order valence-electron chi connectivity index (χ4n) is 2.33. The van der Waals surface area contributed by atoms with Crippen molar-refractivity contribution >= 4 is 39.1 Å². The number of hydrogen-bond acceptors (Lipinski definition) is 5. The van der Waals surface area contributed by atoms with Gasteiger partial charge in [-0.25, -0.2) is 9.78 Å². The Morgan fingerprint density at radius 1 is 1.38 bits per heavy atom. The number of hydrogen-bond donors (Lipinski definition) is 1. The second-order valence-corrected chi connectivity index (χ2v) is 6.35. The molecule has 0 bridgehead atoms. The fraction of sp³-hybridized carbons (Fsp3) is 0.188. The first-order chi connectivity index (χ1) is 11.5. The Labute approximate surface area is 145 Å². The lowest BCUT2D eigenvalue weighted by Crippen LogP contribution is -2.27. The number of benzene rings is 1. The molecular formula is C16H13ClN2O4S. The Morgan fingerprint density at radius 3 is 2.75 bits per heavy atom. The zero-order valence-electron chi connectivity index (χ0n) is 12.7. The van der Waals surface area contributed by atoms with E-state index in [9.17, 15) is 14.7 Å². The van der Waals surface area contributed by atoms with Crippen molar-refractivity contribution in [3.63, 3.8) is 0 Å². The van der Waals surface area contributed by atoms with Gasteiger partial charge in [-0.2, -0.15) is 0 Å². The van der Waals surface area contributed by atoms with Crippen LogP contribution in [0.3, 0.4) is 0 Å². The summed E-state index contributed by atoms with van der Waals surface area (Å²) < 4.78 is 7.01. The topological polar surface area (TPSA) is 81.4 Å². The number of aromatic carboxylic acids is 1. The Kier molecular flexibility index (Phi) is 4.55. The molecule has 0 amide bonds. The molecule has 0 aliphatic rings. The van der Waals surface area contributed by atoms with Crippen LogP contribution in [0.25, 0.3) is 10.2 Å². The maximum absolute atomic E-state index is 12.6. The molecule has 1 N–H and O–H groups in total. The predicted molar refractivity (Wildman–Crippen MR) is 92.5 cm³/mol. The summed E-state index contributed by atoms with van der Waals surface area (Å²) in [6.45, 7) is 2.23. The van der Waals surface area contributed by atoms with Crippen LogP contribution in [-0.2, 0) is 6.54 Å². The van der Waals surface area contributed by atoms with Crippen molar-refractivity contribution in [3.05, 3.63) is 56.4 Å². The predicted octanol–water partition coefficient (Wildman–Crippen LogP) is 3.20.